The van der Waals surface area contributed by atoms with Crippen molar-refractivity contribution >= 4 is 79.5 Å². The molecular formula is C21H17Cl2N3O3S2. The van der Waals surface area contributed by atoms with Gasteiger partial charge >= 0.3 is 0 Å². The van der Waals surface area contributed by atoms with Crippen LogP contribution in [0.5, 0.6) is 0 Å². The molecule has 6 nitrogen and oxygen atoms in total. The number of morpholine rings is 1. The molecule has 0 bridgehead atoms. The number of hydrogen-bond acceptors (Lipinski definition) is 5. The van der Waals surface area contributed by atoms with E-state index >= 15 is 0 Å². The molecule has 0 saturated carbocycles. The van der Waals surface area contributed by atoms with Crippen molar-refractivity contribution in [2.24, 2.45) is 0 Å². The molecule has 160 valence electrons. The van der Waals surface area contributed by atoms with E-state index < -0.39 is 5.91 Å². The first-order valence-corrected chi connectivity index (χ1v) is 11.4. The van der Waals surface area contributed by atoms with Gasteiger partial charge in [-0.15, -0.1) is 11.3 Å². The Hall–Kier alpha value is -2.23. The molecule has 1 aliphatic heterocycles. The summed E-state index contributed by atoms with van der Waals surface area (Å²) in [4.78, 5) is 27.4. The van der Waals surface area contributed by atoms with E-state index in [-0.39, 0.29) is 11.0 Å². The van der Waals surface area contributed by atoms with E-state index in [0.717, 1.165) is 10.1 Å². The van der Waals surface area contributed by atoms with Crippen LogP contribution in [0.4, 0.5) is 5.69 Å². The van der Waals surface area contributed by atoms with E-state index in [1.165, 1.54) is 11.3 Å². The Balaban J connectivity index is 1.43. The molecule has 0 atom stereocenters. The van der Waals surface area contributed by atoms with Gasteiger partial charge in [0.25, 0.3) is 11.8 Å². The van der Waals surface area contributed by atoms with Gasteiger partial charge in [-0.25, -0.2) is 0 Å². The lowest BCUT2D eigenvalue weighted by Crippen LogP contribution is -2.40. The second kappa shape index (κ2) is 9.50. The number of thiocarbonyl (C=S) groups is 1. The van der Waals surface area contributed by atoms with E-state index in [1.807, 2.05) is 0 Å². The number of hydrogen-bond donors (Lipinski definition) is 2. The van der Waals surface area contributed by atoms with Crippen molar-refractivity contribution in [2.45, 2.75) is 0 Å². The number of thiophene rings is 1. The fourth-order valence-corrected chi connectivity index (χ4v) is 5.09. The van der Waals surface area contributed by atoms with Gasteiger partial charge in [0.15, 0.2) is 5.11 Å². The van der Waals surface area contributed by atoms with E-state index in [0.29, 0.717) is 52.5 Å². The Bertz CT molecular complexity index is 1180. The summed E-state index contributed by atoms with van der Waals surface area (Å²) in [6.45, 7) is 2.19. The van der Waals surface area contributed by atoms with Crippen LogP contribution in [0.1, 0.15) is 20.0 Å². The maximum Gasteiger partial charge on any atom is 0.269 e. The third-order valence-electron chi connectivity index (χ3n) is 4.69. The summed E-state index contributed by atoms with van der Waals surface area (Å²) in [5.41, 5.74) is 1.13. The van der Waals surface area contributed by atoms with Gasteiger partial charge in [0.2, 0.25) is 0 Å². The summed E-state index contributed by atoms with van der Waals surface area (Å²) < 4.78 is 6.11. The van der Waals surface area contributed by atoms with Gasteiger partial charge in [-0.1, -0.05) is 35.3 Å². The largest absolute Gasteiger partial charge is 0.378 e. The lowest BCUT2D eigenvalue weighted by Gasteiger charge is -2.27. The normalized spacial score (nSPS) is 13.8. The second-order valence-corrected chi connectivity index (χ2v) is 9.05. The van der Waals surface area contributed by atoms with E-state index in [2.05, 4.69) is 10.6 Å². The fourth-order valence-electron chi connectivity index (χ4n) is 3.19. The molecule has 0 radical (unpaired) electrons. The van der Waals surface area contributed by atoms with Crippen LogP contribution in [0.2, 0.25) is 10.0 Å². The lowest BCUT2D eigenvalue weighted by molar-refractivity contribution is 0.0303. The number of halogens is 2. The average Bonchev–Trinajstić information content (AvgIpc) is 3.09. The maximum atomic E-state index is 12.7. The van der Waals surface area contributed by atoms with Crippen molar-refractivity contribution < 1.29 is 14.3 Å². The van der Waals surface area contributed by atoms with E-state index in [9.17, 15) is 9.59 Å². The summed E-state index contributed by atoms with van der Waals surface area (Å²) in [6.07, 6.45) is 0. The fraction of sp³-hybridized carbons (Fsp3) is 0.190. The molecule has 2 N–H and O–H groups in total. The maximum absolute atomic E-state index is 12.7. The monoisotopic (exact) mass is 493 g/mol. The zero-order chi connectivity index (χ0) is 22.0. The molecule has 2 aromatic carbocycles. The van der Waals surface area contributed by atoms with Gasteiger partial charge in [-0.3, -0.25) is 14.9 Å². The summed E-state index contributed by atoms with van der Waals surface area (Å²) in [6, 6.07) is 12.2. The Morgan fingerprint density at radius 2 is 1.87 bits per heavy atom. The van der Waals surface area contributed by atoms with Crippen LogP contribution in [-0.2, 0) is 4.74 Å². The van der Waals surface area contributed by atoms with Crippen molar-refractivity contribution in [3.05, 3.63) is 63.0 Å². The number of rotatable bonds is 3. The predicted octanol–water partition coefficient (Wildman–Crippen LogP) is 4.81. The molecule has 1 aromatic heterocycles. The van der Waals surface area contributed by atoms with Gasteiger partial charge in [0.05, 0.1) is 18.2 Å². The van der Waals surface area contributed by atoms with Crippen LogP contribution >= 0.6 is 46.8 Å². The number of benzene rings is 2. The third kappa shape index (κ3) is 4.99. The topological polar surface area (TPSA) is 70.7 Å². The molecule has 1 fully saturated rings. The first-order valence-electron chi connectivity index (χ1n) is 9.39. The van der Waals surface area contributed by atoms with Crippen LogP contribution in [0, 0.1) is 0 Å². The van der Waals surface area contributed by atoms with Gasteiger partial charge in [-0.2, -0.15) is 0 Å². The van der Waals surface area contributed by atoms with Gasteiger partial charge in [-0.05, 0) is 42.5 Å². The lowest BCUT2D eigenvalue weighted by atomic mass is 10.1. The zero-order valence-electron chi connectivity index (χ0n) is 16.1. The molecule has 3 aromatic rings. The molecule has 31 heavy (non-hydrogen) atoms. The first kappa shape index (κ1) is 22.0. The number of carbonyl (C=O) groups is 2. The average molecular weight is 494 g/mol. The summed E-state index contributed by atoms with van der Waals surface area (Å²) in [7, 11) is 0. The highest BCUT2D eigenvalue weighted by atomic mass is 35.5. The van der Waals surface area contributed by atoms with Crippen molar-refractivity contribution in [2.75, 3.05) is 31.6 Å². The number of anilines is 1. The SMILES string of the molecule is O=C(NC(=S)Nc1cccc(C(=O)N2CCOCC2)c1)c1sc2cc(Cl)ccc2c1Cl. The molecule has 0 spiro atoms. The Morgan fingerprint density at radius 1 is 1.10 bits per heavy atom. The van der Waals surface area contributed by atoms with Crippen LogP contribution in [-0.4, -0.2) is 48.1 Å². The van der Waals surface area contributed by atoms with Crippen molar-refractivity contribution in [1.29, 1.82) is 0 Å². The van der Waals surface area contributed by atoms with Gasteiger partial charge in [0, 0.05) is 39.4 Å². The highest BCUT2D eigenvalue weighted by molar-refractivity contribution is 7.80. The predicted molar refractivity (Wildman–Crippen MR) is 129 cm³/mol. The Labute approximate surface area is 198 Å². The van der Waals surface area contributed by atoms with Crippen molar-refractivity contribution in [3.63, 3.8) is 0 Å². The minimum atomic E-state index is -0.416. The smallest absolute Gasteiger partial charge is 0.269 e. The summed E-state index contributed by atoms with van der Waals surface area (Å²) in [5, 5.41) is 7.37. The standard InChI is InChI=1S/C21H17Cl2N3O3S2/c22-13-4-5-15-16(11-13)31-18(17(15)23)19(27)25-21(30)24-14-3-1-2-12(10-14)20(28)26-6-8-29-9-7-26/h1-5,10-11H,6-9H2,(H2,24,25,27,30). The molecule has 0 unspecified atom stereocenters. The number of amides is 2. The molecular weight excluding hydrogens is 477 g/mol. The number of carbonyl (C=O) groups excluding carboxylic acids is 2. The quantitative estimate of drug-likeness (QED) is 0.512. The molecule has 2 heterocycles. The van der Waals surface area contributed by atoms with Gasteiger partial charge < -0.3 is 15.0 Å². The van der Waals surface area contributed by atoms with Crippen LogP contribution in [0.15, 0.2) is 42.5 Å². The van der Waals surface area contributed by atoms with Crippen LogP contribution in [0.3, 0.4) is 0 Å². The molecule has 1 saturated heterocycles. The number of ether oxygens (including phenoxy) is 1. The third-order valence-corrected chi connectivity index (χ3v) is 6.79. The van der Waals surface area contributed by atoms with Crippen molar-refractivity contribution in [3.8, 4) is 0 Å². The van der Waals surface area contributed by atoms with Crippen LogP contribution < -0.4 is 10.6 Å². The number of fused-ring (bicyclic) bond motifs is 1. The van der Waals surface area contributed by atoms with Gasteiger partial charge in [0.1, 0.15) is 4.88 Å². The molecule has 4 rings (SSSR count). The highest BCUT2D eigenvalue weighted by Gasteiger charge is 2.20. The molecule has 0 aliphatic carbocycles. The Morgan fingerprint density at radius 3 is 2.65 bits per heavy atom. The number of nitrogens with one attached hydrogen (secondary N) is 2. The zero-order valence-corrected chi connectivity index (χ0v) is 19.3. The van der Waals surface area contributed by atoms with Crippen LogP contribution in [0.25, 0.3) is 10.1 Å². The number of nitrogens with zero attached hydrogens (tertiary/aromatic N) is 1. The molecule has 10 heteroatoms. The minimum Gasteiger partial charge on any atom is -0.378 e. The van der Waals surface area contributed by atoms with E-state index in [1.54, 1.807) is 47.4 Å². The summed E-state index contributed by atoms with van der Waals surface area (Å²) >= 11 is 18.9. The summed E-state index contributed by atoms with van der Waals surface area (Å²) in [5.74, 6) is -0.488. The van der Waals surface area contributed by atoms with E-state index in [4.69, 9.17) is 40.2 Å². The van der Waals surface area contributed by atoms with Crippen molar-refractivity contribution in [1.82, 2.24) is 10.2 Å². The highest BCUT2D eigenvalue weighted by Crippen LogP contribution is 2.36. The Kier molecular flexibility index (Phi) is 6.74. The molecule has 2 amide bonds. The molecule has 1 aliphatic rings. The first-order chi connectivity index (χ1) is 14.9. The second-order valence-electron chi connectivity index (χ2n) is 6.78. The minimum absolute atomic E-state index is 0.0716.